The molecule has 4 rings (SSSR count). The smallest absolute Gasteiger partial charge is 0.314 e. The van der Waals surface area contributed by atoms with Crippen LogP contribution in [0, 0.1) is 5.92 Å². The second-order valence-corrected chi connectivity index (χ2v) is 8.37. The summed E-state index contributed by atoms with van der Waals surface area (Å²) in [6, 6.07) is 18.7. The fourth-order valence-electron chi connectivity index (χ4n) is 4.55. The number of rotatable bonds is 7. The van der Waals surface area contributed by atoms with E-state index in [2.05, 4.69) is 51.9 Å². The van der Waals surface area contributed by atoms with Gasteiger partial charge in [0.2, 0.25) is 0 Å². The Labute approximate surface area is 173 Å². The number of amides is 2. The molecule has 1 unspecified atom stereocenters. The highest BCUT2D eigenvalue weighted by molar-refractivity contribution is 5.74. The third-order valence-electron chi connectivity index (χ3n) is 6.54. The predicted octanol–water partition coefficient (Wildman–Crippen LogP) is 3.94. The van der Waals surface area contributed by atoms with Gasteiger partial charge in [0.1, 0.15) is 5.75 Å². The lowest BCUT2D eigenvalue weighted by Crippen LogP contribution is -2.48. The van der Waals surface area contributed by atoms with Crippen molar-refractivity contribution >= 4 is 11.7 Å². The Kier molecular flexibility index (Phi) is 5.93. The number of benzene rings is 2. The van der Waals surface area contributed by atoms with Crippen molar-refractivity contribution in [2.75, 3.05) is 38.2 Å². The molecule has 2 N–H and O–H groups in total. The van der Waals surface area contributed by atoms with E-state index in [0.717, 1.165) is 38.1 Å². The Hall–Kier alpha value is -2.69. The molecule has 1 saturated carbocycles. The van der Waals surface area contributed by atoms with Crippen molar-refractivity contribution in [3.63, 3.8) is 0 Å². The minimum absolute atomic E-state index is 0.0490. The van der Waals surface area contributed by atoms with Crippen LogP contribution in [0.5, 0.6) is 5.75 Å². The molecular formula is C24H31N3O2. The molecule has 1 aliphatic heterocycles. The topological polar surface area (TPSA) is 53.6 Å². The Morgan fingerprint density at radius 2 is 1.97 bits per heavy atom. The molecule has 5 nitrogen and oxygen atoms in total. The van der Waals surface area contributed by atoms with Crippen molar-refractivity contribution in [3.05, 3.63) is 60.2 Å². The monoisotopic (exact) mass is 393 g/mol. The predicted molar refractivity (Wildman–Crippen MR) is 117 cm³/mol. The van der Waals surface area contributed by atoms with Gasteiger partial charge in [-0.2, -0.15) is 0 Å². The van der Waals surface area contributed by atoms with Crippen LogP contribution in [0.15, 0.2) is 54.6 Å². The summed E-state index contributed by atoms with van der Waals surface area (Å²) in [5.74, 6) is 1.35. The average molecular weight is 394 g/mol. The lowest BCUT2D eigenvalue weighted by atomic mass is 9.64. The van der Waals surface area contributed by atoms with E-state index in [1.165, 1.54) is 17.7 Å². The van der Waals surface area contributed by atoms with Gasteiger partial charge in [0.05, 0.1) is 7.11 Å². The number of methoxy groups -OCH3 is 1. The van der Waals surface area contributed by atoms with Crippen molar-refractivity contribution < 1.29 is 9.53 Å². The molecule has 0 bridgehead atoms. The summed E-state index contributed by atoms with van der Waals surface area (Å²) in [7, 11) is 1.69. The van der Waals surface area contributed by atoms with Crippen molar-refractivity contribution in [2.24, 2.45) is 5.92 Å². The van der Waals surface area contributed by atoms with E-state index >= 15 is 0 Å². The van der Waals surface area contributed by atoms with Gasteiger partial charge in [-0.3, -0.25) is 0 Å². The zero-order valence-electron chi connectivity index (χ0n) is 17.2. The maximum Gasteiger partial charge on any atom is 0.314 e. The molecule has 5 heteroatoms. The van der Waals surface area contributed by atoms with Crippen LogP contribution < -0.4 is 20.3 Å². The Bertz CT molecular complexity index is 820. The third-order valence-corrected chi connectivity index (χ3v) is 6.54. The van der Waals surface area contributed by atoms with Gasteiger partial charge in [-0.15, -0.1) is 0 Å². The van der Waals surface area contributed by atoms with E-state index in [-0.39, 0.29) is 11.4 Å². The minimum atomic E-state index is -0.0490. The molecule has 1 aliphatic carbocycles. The zero-order valence-corrected chi connectivity index (χ0v) is 17.2. The van der Waals surface area contributed by atoms with E-state index in [9.17, 15) is 4.79 Å². The highest BCUT2D eigenvalue weighted by Gasteiger charge is 2.38. The first-order valence-electron chi connectivity index (χ1n) is 10.6. The van der Waals surface area contributed by atoms with E-state index in [1.807, 2.05) is 18.2 Å². The summed E-state index contributed by atoms with van der Waals surface area (Å²) < 4.78 is 5.33. The number of carbonyl (C=O) groups is 1. The fraction of sp³-hybridized carbons (Fsp3) is 0.458. The molecule has 154 valence electrons. The van der Waals surface area contributed by atoms with Gasteiger partial charge in [0.15, 0.2) is 0 Å². The van der Waals surface area contributed by atoms with Crippen LogP contribution >= 0.6 is 0 Å². The van der Waals surface area contributed by atoms with Crippen molar-refractivity contribution in [3.8, 4) is 5.75 Å². The van der Waals surface area contributed by atoms with Crippen LogP contribution in [-0.2, 0) is 5.41 Å². The minimum Gasteiger partial charge on any atom is -0.497 e. The number of hydrogen-bond acceptors (Lipinski definition) is 3. The molecule has 2 aromatic rings. The SMILES string of the molecule is COc1cccc(N2CCC(CNC(=O)NCC3(c4ccccc4)CCC3)C2)c1. The summed E-state index contributed by atoms with van der Waals surface area (Å²) >= 11 is 0. The standard InChI is InChI=1S/C24H31N3O2/c1-29-22-10-5-9-21(15-22)27-14-11-19(17-27)16-25-23(28)26-18-24(12-6-13-24)20-7-3-2-4-8-20/h2-5,7-10,15,19H,6,11-14,16-18H2,1H3,(H2,25,26,28). The highest BCUT2D eigenvalue weighted by Crippen LogP contribution is 2.43. The second-order valence-electron chi connectivity index (χ2n) is 8.37. The molecule has 2 amide bonds. The summed E-state index contributed by atoms with van der Waals surface area (Å²) in [4.78, 5) is 14.8. The molecule has 1 saturated heterocycles. The summed E-state index contributed by atoms with van der Waals surface area (Å²) in [5, 5.41) is 6.22. The Balaban J connectivity index is 1.23. The van der Waals surface area contributed by atoms with Gasteiger partial charge in [-0.25, -0.2) is 4.79 Å². The molecule has 2 aromatic carbocycles. The normalized spacial score (nSPS) is 20.0. The summed E-state index contributed by atoms with van der Waals surface area (Å²) in [5.41, 5.74) is 2.65. The number of nitrogens with one attached hydrogen (secondary N) is 2. The first-order chi connectivity index (χ1) is 14.2. The molecular weight excluding hydrogens is 362 g/mol. The first kappa shape index (κ1) is 19.6. The summed E-state index contributed by atoms with van der Waals surface area (Å²) in [6.45, 7) is 3.40. The number of carbonyl (C=O) groups excluding carboxylic acids is 1. The lowest BCUT2D eigenvalue weighted by molar-refractivity contribution is 0.214. The maximum atomic E-state index is 12.4. The van der Waals surface area contributed by atoms with Gasteiger partial charge in [-0.05, 0) is 42.9 Å². The van der Waals surface area contributed by atoms with Crippen LogP contribution in [0.2, 0.25) is 0 Å². The Morgan fingerprint density at radius 3 is 2.69 bits per heavy atom. The molecule has 29 heavy (non-hydrogen) atoms. The van der Waals surface area contributed by atoms with Gasteiger partial charge in [-0.1, -0.05) is 42.8 Å². The number of hydrogen-bond donors (Lipinski definition) is 2. The molecule has 0 radical (unpaired) electrons. The zero-order chi connectivity index (χ0) is 20.1. The van der Waals surface area contributed by atoms with Crippen LogP contribution in [0.1, 0.15) is 31.2 Å². The van der Waals surface area contributed by atoms with Crippen LogP contribution in [-0.4, -0.2) is 39.3 Å². The van der Waals surface area contributed by atoms with Gasteiger partial charge < -0.3 is 20.3 Å². The van der Waals surface area contributed by atoms with E-state index in [1.54, 1.807) is 7.11 Å². The van der Waals surface area contributed by atoms with Crippen LogP contribution in [0.3, 0.4) is 0 Å². The van der Waals surface area contributed by atoms with Gasteiger partial charge in [0.25, 0.3) is 0 Å². The van der Waals surface area contributed by atoms with E-state index in [4.69, 9.17) is 4.74 Å². The average Bonchev–Trinajstić information content (AvgIpc) is 3.21. The number of nitrogens with zero attached hydrogens (tertiary/aromatic N) is 1. The number of ether oxygens (including phenoxy) is 1. The lowest BCUT2D eigenvalue weighted by Gasteiger charge is -2.42. The van der Waals surface area contributed by atoms with Crippen molar-refractivity contribution in [1.29, 1.82) is 0 Å². The quantitative estimate of drug-likeness (QED) is 0.749. The fourth-order valence-corrected chi connectivity index (χ4v) is 4.55. The molecule has 1 heterocycles. The van der Waals surface area contributed by atoms with Gasteiger partial charge >= 0.3 is 6.03 Å². The van der Waals surface area contributed by atoms with Crippen LogP contribution in [0.25, 0.3) is 0 Å². The van der Waals surface area contributed by atoms with E-state index < -0.39 is 0 Å². The molecule has 0 spiro atoms. The van der Waals surface area contributed by atoms with Gasteiger partial charge in [0, 0.05) is 43.3 Å². The van der Waals surface area contributed by atoms with Crippen LogP contribution in [0.4, 0.5) is 10.5 Å². The van der Waals surface area contributed by atoms with Crippen molar-refractivity contribution in [1.82, 2.24) is 10.6 Å². The third kappa shape index (κ3) is 4.50. The second kappa shape index (κ2) is 8.76. The molecule has 0 aromatic heterocycles. The first-order valence-corrected chi connectivity index (χ1v) is 10.6. The Morgan fingerprint density at radius 1 is 1.14 bits per heavy atom. The number of urea groups is 1. The maximum absolute atomic E-state index is 12.4. The molecule has 2 aliphatic rings. The van der Waals surface area contributed by atoms with Crippen molar-refractivity contribution in [2.45, 2.75) is 31.1 Å². The summed E-state index contributed by atoms with van der Waals surface area (Å²) in [6.07, 6.45) is 4.62. The molecule has 1 atom stereocenters. The largest absolute Gasteiger partial charge is 0.497 e. The highest BCUT2D eigenvalue weighted by atomic mass is 16.5. The number of anilines is 1. The molecule has 2 fully saturated rings. The van der Waals surface area contributed by atoms with E-state index in [0.29, 0.717) is 19.0 Å².